The predicted octanol–water partition coefficient (Wildman–Crippen LogP) is 4.05. The molecule has 1 N–H and O–H groups in total. The molecule has 0 fully saturated rings. The fourth-order valence-corrected chi connectivity index (χ4v) is 3.18. The lowest BCUT2D eigenvalue weighted by atomic mass is 10.3. The average Bonchev–Trinajstić information content (AvgIpc) is 3.17. The van der Waals surface area contributed by atoms with Crippen molar-refractivity contribution in [1.82, 2.24) is 14.7 Å². The van der Waals surface area contributed by atoms with Gasteiger partial charge in [-0.15, -0.1) is 0 Å². The second-order valence-corrected chi connectivity index (χ2v) is 7.36. The lowest BCUT2D eigenvalue weighted by Crippen LogP contribution is -2.22. The zero-order valence-corrected chi connectivity index (χ0v) is 15.5. The third kappa shape index (κ3) is 3.88. The Kier molecular flexibility index (Phi) is 5.06. The molecule has 1 unspecified atom stereocenters. The first kappa shape index (κ1) is 16.8. The fraction of sp³-hybridized carbons (Fsp3) is 0.188. The van der Waals surface area contributed by atoms with Crippen LogP contribution in [-0.4, -0.2) is 25.9 Å². The van der Waals surface area contributed by atoms with E-state index in [-0.39, 0.29) is 11.2 Å². The van der Waals surface area contributed by atoms with E-state index in [0.29, 0.717) is 5.88 Å². The summed E-state index contributed by atoms with van der Waals surface area (Å²) in [7, 11) is 0. The van der Waals surface area contributed by atoms with Gasteiger partial charge in [0, 0.05) is 28.6 Å². The number of anilines is 1. The predicted molar refractivity (Wildman–Crippen MR) is 96.5 cm³/mol. The number of aryl methyl sites for hydroxylation is 1. The standard InChI is InChI=1S/C16H15BrN4O2S/c1-10-9-14(23-20-10)19-15(22)11(2)24-16-18-7-8-21(16)13-5-3-12(17)4-6-13/h3-9,11H,1-2H3,(H,19,22). The minimum atomic E-state index is -0.341. The second-order valence-electron chi connectivity index (χ2n) is 5.14. The van der Waals surface area contributed by atoms with Gasteiger partial charge in [-0.05, 0) is 38.1 Å². The number of thioether (sulfide) groups is 1. The minimum absolute atomic E-state index is 0.165. The van der Waals surface area contributed by atoms with E-state index in [2.05, 4.69) is 31.4 Å². The van der Waals surface area contributed by atoms with Crippen LogP contribution in [0.5, 0.6) is 0 Å². The van der Waals surface area contributed by atoms with Crippen molar-refractivity contribution in [1.29, 1.82) is 0 Å². The van der Waals surface area contributed by atoms with Gasteiger partial charge in [-0.2, -0.15) is 0 Å². The van der Waals surface area contributed by atoms with Crippen LogP contribution >= 0.6 is 27.7 Å². The molecule has 1 atom stereocenters. The highest BCUT2D eigenvalue weighted by Crippen LogP contribution is 2.26. The van der Waals surface area contributed by atoms with Gasteiger partial charge in [-0.25, -0.2) is 4.98 Å². The number of hydrogen-bond acceptors (Lipinski definition) is 5. The van der Waals surface area contributed by atoms with Crippen LogP contribution in [0.1, 0.15) is 12.6 Å². The van der Waals surface area contributed by atoms with E-state index in [1.54, 1.807) is 19.2 Å². The molecule has 0 spiro atoms. The topological polar surface area (TPSA) is 73.0 Å². The molecule has 1 amide bonds. The third-order valence-corrected chi connectivity index (χ3v) is 4.85. The Labute approximate surface area is 151 Å². The molecule has 3 aromatic rings. The molecule has 124 valence electrons. The zero-order valence-electron chi connectivity index (χ0n) is 13.1. The zero-order chi connectivity index (χ0) is 17.1. The number of nitrogens with one attached hydrogen (secondary N) is 1. The van der Waals surface area contributed by atoms with Crippen LogP contribution in [0.3, 0.4) is 0 Å². The van der Waals surface area contributed by atoms with Crippen molar-refractivity contribution in [2.75, 3.05) is 5.32 Å². The van der Waals surface area contributed by atoms with Crippen molar-refractivity contribution in [2.45, 2.75) is 24.3 Å². The Hall–Kier alpha value is -2.06. The van der Waals surface area contributed by atoms with E-state index in [9.17, 15) is 4.79 Å². The number of carbonyl (C=O) groups excluding carboxylic acids is 1. The largest absolute Gasteiger partial charge is 0.338 e. The molecule has 8 heteroatoms. The number of imidazole rings is 1. The molecular weight excluding hydrogens is 392 g/mol. The molecule has 6 nitrogen and oxygen atoms in total. The molecule has 0 aliphatic carbocycles. The molecule has 0 radical (unpaired) electrons. The van der Waals surface area contributed by atoms with Crippen molar-refractivity contribution >= 4 is 39.5 Å². The van der Waals surface area contributed by atoms with Gasteiger partial charge in [0.2, 0.25) is 11.8 Å². The average molecular weight is 407 g/mol. The van der Waals surface area contributed by atoms with Gasteiger partial charge in [0.25, 0.3) is 0 Å². The highest BCUT2D eigenvalue weighted by molar-refractivity contribution is 9.10. The molecular formula is C16H15BrN4O2S. The van der Waals surface area contributed by atoms with Crippen LogP contribution in [0.4, 0.5) is 5.88 Å². The number of nitrogens with zero attached hydrogens (tertiary/aromatic N) is 3. The number of aromatic nitrogens is 3. The molecule has 2 aromatic heterocycles. The van der Waals surface area contributed by atoms with Gasteiger partial charge in [-0.1, -0.05) is 32.8 Å². The number of halogens is 1. The second kappa shape index (κ2) is 7.23. The summed E-state index contributed by atoms with van der Waals surface area (Å²) in [5.74, 6) is 0.183. The molecule has 2 heterocycles. The summed E-state index contributed by atoms with van der Waals surface area (Å²) in [5.41, 5.74) is 1.70. The minimum Gasteiger partial charge on any atom is -0.338 e. The normalized spacial score (nSPS) is 12.1. The van der Waals surface area contributed by atoms with Crippen LogP contribution in [0, 0.1) is 6.92 Å². The Morgan fingerprint density at radius 3 is 2.79 bits per heavy atom. The number of hydrogen-bond donors (Lipinski definition) is 1. The van der Waals surface area contributed by atoms with Crippen molar-refractivity contribution in [3.8, 4) is 5.69 Å². The van der Waals surface area contributed by atoms with Crippen LogP contribution in [0.25, 0.3) is 5.69 Å². The van der Waals surface area contributed by atoms with Crippen LogP contribution in [0.2, 0.25) is 0 Å². The van der Waals surface area contributed by atoms with Crippen LogP contribution in [0.15, 0.2) is 56.9 Å². The number of carbonyl (C=O) groups is 1. The first-order chi connectivity index (χ1) is 11.5. The van der Waals surface area contributed by atoms with E-state index in [1.807, 2.05) is 42.0 Å². The monoisotopic (exact) mass is 406 g/mol. The SMILES string of the molecule is Cc1cc(NC(=O)C(C)Sc2nccn2-c2ccc(Br)cc2)on1. The Bertz CT molecular complexity index is 844. The first-order valence-corrected chi connectivity index (χ1v) is 8.90. The summed E-state index contributed by atoms with van der Waals surface area (Å²) in [4.78, 5) is 16.6. The molecule has 0 bridgehead atoms. The molecule has 1 aromatic carbocycles. The summed E-state index contributed by atoms with van der Waals surface area (Å²) >= 11 is 4.80. The molecule has 24 heavy (non-hydrogen) atoms. The van der Waals surface area contributed by atoms with Gasteiger partial charge in [0.05, 0.1) is 10.9 Å². The molecule has 0 aliphatic heterocycles. The van der Waals surface area contributed by atoms with E-state index in [4.69, 9.17) is 4.52 Å². The van der Waals surface area contributed by atoms with Crippen molar-refractivity contribution < 1.29 is 9.32 Å². The highest BCUT2D eigenvalue weighted by Gasteiger charge is 2.19. The summed E-state index contributed by atoms with van der Waals surface area (Å²) in [6.07, 6.45) is 3.59. The smallest absolute Gasteiger partial charge is 0.240 e. The molecule has 0 aliphatic rings. The first-order valence-electron chi connectivity index (χ1n) is 7.23. The van der Waals surface area contributed by atoms with Crippen molar-refractivity contribution in [2.24, 2.45) is 0 Å². The Morgan fingerprint density at radius 2 is 2.12 bits per heavy atom. The molecule has 0 saturated heterocycles. The summed E-state index contributed by atoms with van der Waals surface area (Å²) in [6.45, 7) is 3.62. The Morgan fingerprint density at radius 1 is 1.38 bits per heavy atom. The van der Waals surface area contributed by atoms with E-state index >= 15 is 0 Å². The number of benzene rings is 1. The van der Waals surface area contributed by atoms with Crippen molar-refractivity contribution in [3.63, 3.8) is 0 Å². The van der Waals surface area contributed by atoms with Crippen molar-refractivity contribution in [3.05, 3.63) is 52.9 Å². The summed E-state index contributed by atoms with van der Waals surface area (Å²) in [5, 5.41) is 6.86. The van der Waals surface area contributed by atoms with Gasteiger partial charge >= 0.3 is 0 Å². The van der Waals surface area contributed by atoms with Gasteiger partial charge in [-0.3, -0.25) is 14.7 Å². The maximum absolute atomic E-state index is 12.3. The van der Waals surface area contributed by atoms with E-state index in [1.165, 1.54) is 11.8 Å². The van der Waals surface area contributed by atoms with Gasteiger partial charge in [0.15, 0.2) is 5.16 Å². The lowest BCUT2D eigenvalue weighted by molar-refractivity contribution is -0.115. The molecule has 0 saturated carbocycles. The van der Waals surface area contributed by atoms with E-state index < -0.39 is 0 Å². The number of rotatable bonds is 5. The summed E-state index contributed by atoms with van der Waals surface area (Å²) in [6, 6.07) is 9.58. The maximum atomic E-state index is 12.3. The highest BCUT2D eigenvalue weighted by atomic mass is 79.9. The Balaban J connectivity index is 1.70. The fourth-order valence-electron chi connectivity index (χ4n) is 2.03. The third-order valence-electron chi connectivity index (χ3n) is 3.24. The number of amides is 1. The maximum Gasteiger partial charge on any atom is 0.240 e. The van der Waals surface area contributed by atoms with Gasteiger partial charge < -0.3 is 4.52 Å². The van der Waals surface area contributed by atoms with Crippen LogP contribution in [-0.2, 0) is 4.79 Å². The lowest BCUT2D eigenvalue weighted by Gasteiger charge is -2.12. The summed E-state index contributed by atoms with van der Waals surface area (Å²) < 4.78 is 7.96. The van der Waals surface area contributed by atoms with E-state index in [0.717, 1.165) is 21.0 Å². The van der Waals surface area contributed by atoms with Crippen LogP contribution < -0.4 is 5.32 Å². The molecule has 3 rings (SSSR count). The van der Waals surface area contributed by atoms with Gasteiger partial charge in [0.1, 0.15) is 0 Å². The quantitative estimate of drug-likeness (QED) is 0.646.